The van der Waals surface area contributed by atoms with Crippen molar-refractivity contribution in [3.63, 3.8) is 0 Å². The number of amides is 1. The zero-order chi connectivity index (χ0) is 14.6. The normalized spacial score (nSPS) is 12.8. The number of hydrogen-bond acceptors (Lipinski definition) is 4. The minimum absolute atomic E-state index is 0.0368. The Labute approximate surface area is 114 Å². The predicted octanol–water partition coefficient (Wildman–Crippen LogP) is 1.37. The second kappa shape index (κ2) is 6.06. The Hall–Kier alpha value is -1.56. The molecule has 0 bridgehead atoms. The number of benzene rings is 1. The van der Waals surface area contributed by atoms with Crippen LogP contribution in [0.25, 0.3) is 0 Å². The molecule has 1 aromatic carbocycles. The van der Waals surface area contributed by atoms with Crippen molar-refractivity contribution in [2.45, 2.75) is 24.8 Å². The first-order valence-electron chi connectivity index (χ1n) is 6.08. The zero-order valence-corrected chi connectivity index (χ0v) is 12.5. The molecule has 0 heterocycles. The first-order valence-corrected chi connectivity index (χ1v) is 7.73. The Morgan fingerprint density at radius 2 is 1.79 bits per heavy atom. The molecule has 1 atom stereocenters. The average molecular weight is 284 g/mol. The van der Waals surface area contributed by atoms with Crippen molar-refractivity contribution in [1.82, 2.24) is 4.90 Å². The lowest BCUT2D eigenvalue weighted by molar-refractivity contribution is -0.129. The number of likely N-dealkylation sites (N-methyl/N-ethyl adjacent to an activating group) is 1. The van der Waals surface area contributed by atoms with Gasteiger partial charge in [0.05, 0.1) is 10.6 Å². The van der Waals surface area contributed by atoms with Crippen LogP contribution in [0.3, 0.4) is 0 Å². The zero-order valence-electron chi connectivity index (χ0n) is 11.7. The molecule has 1 amide bonds. The van der Waals surface area contributed by atoms with Gasteiger partial charge in [-0.05, 0) is 31.2 Å². The number of carbonyl (C=O) groups is 1. The van der Waals surface area contributed by atoms with E-state index in [0.717, 1.165) is 5.69 Å². The minimum atomic E-state index is -3.18. The lowest BCUT2D eigenvalue weighted by Gasteiger charge is -2.19. The van der Waals surface area contributed by atoms with Crippen molar-refractivity contribution in [1.29, 1.82) is 0 Å². The lowest BCUT2D eigenvalue weighted by Crippen LogP contribution is -2.36. The third-order valence-corrected chi connectivity index (χ3v) is 4.54. The van der Waals surface area contributed by atoms with Gasteiger partial charge in [-0.15, -0.1) is 0 Å². The topological polar surface area (TPSA) is 66.5 Å². The second-order valence-corrected chi connectivity index (χ2v) is 6.80. The molecule has 19 heavy (non-hydrogen) atoms. The van der Waals surface area contributed by atoms with Crippen LogP contribution in [0.2, 0.25) is 0 Å². The molecule has 1 N–H and O–H groups in total. The van der Waals surface area contributed by atoms with Crippen molar-refractivity contribution in [3.8, 4) is 0 Å². The van der Waals surface area contributed by atoms with Crippen molar-refractivity contribution >= 4 is 21.4 Å². The summed E-state index contributed by atoms with van der Waals surface area (Å²) >= 11 is 0. The smallest absolute Gasteiger partial charge is 0.244 e. The molecular formula is C13H20N2O3S. The number of nitrogens with one attached hydrogen (secondary N) is 1. The Morgan fingerprint density at radius 3 is 2.21 bits per heavy atom. The van der Waals surface area contributed by atoms with Gasteiger partial charge in [-0.3, -0.25) is 4.79 Å². The molecule has 5 nitrogen and oxygen atoms in total. The summed E-state index contributed by atoms with van der Waals surface area (Å²) in [6, 6.07) is 6.08. The fourth-order valence-corrected chi connectivity index (χ4v) is 2.51. The maximum atomic E-state index is 11.7. The van der Waals surface area contributed by atoms with Gasteiger partial charge in [-0.2, -0.15) is 0 Å². The molecule has 1 aromatic rings. The fraction of sp³-hybridized carbons (Fsp3) is 0.462. The van der Waals surface area contributed by atoms with Gasteiger partial charge >= 0.3 is 0 Å². The van der Waals surface area contributed by atoms with Crippen LogP contribution >= 0.6 is 0 Å². The Kier molecular flexibility index (Phi) is 4.94. The molecular weight excluding hydrogens is 264 g/mol. The highest BCUT2D eigenvalue weighted by atomic mass is 32.2. The average Bonchev–Trinajstić information content (AvgIpc) is 2.38. The first kappa shape index (κ1) is 15.5. The largest absolute Gasteiger partial charge is 0.374 e. The second-order valence-electron chi connectivity index (χ2n) is 4.53. The van der Waals surface area contributed by atoms with E-state index < -0.39 is 9.84 Å². The SMILES string of the molecule is CCS(=O)(=O)c1ccc(N[C@@H](C)C(=O)N(C)C)cc1. The van der Waals surface area contributed by atoms with Crippen molar-refractivity contribution in [2.75, 3.05) is 25.2 Å². The van der Waals surface area contributed by atoms with Crippen LogP contribution in [0.4, 0.5) is 5.69 Å². The standard InChI is InChI=1S/C13H20N2O3S/c1-5-19(17,18)12-8-6-11(7-9-12)14-10(2)13(16)15(3)4/h6-10,14H,5H2,1-4H3/t10-/m0/s1. The number of carbonyl (C=O) groups excluding carboxylic acids is 1. The summed E-state index contributed by atoms with van der Waals surface area (Å²) in [4.78, 5) is 13.5. The van der Waals surface area contributed by atoms with Gasteiger partial charge in [0.1, 0.15) is 6.04 Å². The van der Waals surface area contributed by atoms with Gasteiger partial charge in [0.15, 0.2) is 9.84 Å². The Morgan fingerprint density at radius 1 is 1.26 bits per heavy atom. The molecule has 0 aliphatic carbocycles. The number of anilines is 1. The Balaban J connectivity index is 2.81. The molecule has 0 aromatic heterocycles. The highest BCUT2D eigenvalue weighted by molar-refractivity contribution is 7.91. The van der Waals surface area contributed by atoms with E-state index in [0.29, 0.717) is 4.90 Å². The van der Waals surface area contributed by atoms with E-state index in [-0.39, 0.29) is 17.7 Å². The minimum Gasteiger partial charge on any atom is -0.374 e. The molecule has 0 saturated heterocycles. The summed E-state index contributed by atoms with van der Waals surface area (Å²) < 4.78 is 23.3. The third-order valence-electron chi connectivity index (χ3n) is 2.79. The summed E-state index contributed by atoms with van der Waals surface area (Å²) in [6.07, 6.45) is 0. The van der Waals surface area contributed by atoms with E-state index in [9.17, 15) is 13.2 Å². The number of nitrogens with zero attached hydrogens (tertiary/aromatic N) is 1. The van der Waals surface area contributed by atoms with E-state index in [4.69, 9.17) is 0 Å². The van der Waals surface area contributed by atoms with Crippen LogP contribution < -0.4 is 5.32 Å². The molecule has 6 heteroatoms. The first-order chi connectivity index (χ1) is 8.77. The monoisotopic (exact) mass is 284 g/mol. The highest BCUT2D eigenvalue weighted by Crippen LogP contribution is 2.16. The molecule has 0 unspecified atom stereocenters. The summed E-state index contributed by atoms with van der Waals surface area (Å²) in [7, 11) is 0.208. The van der Waals surface area contributed by atoms with Gasteiger partial charge in [-0.1, -0.05) is 6.92 Å². The van der Waals surface area contributed by atoms with Crippen molar-refractivity contribution in [2.24, 2.45) is 0 Å². The molecule has 0 spiro atoms. The van der Waals surface area contributed by atoms with E-state index in [2.05, 4.69) is 5.32 Å². The van der Waals surface area contributed by atoms with Crippen LogP contribution in [0.15, 0.2) is 29.2 Å². The molecule has 0 radical (unpaired) electrons. The van der Waals surface area contributed by atoms with Crippen LogP contribution in [0.1, 0.15) is 13.8 Å². The summed E-state index contributed by atoms with van der Waals surface area (Å²) in [5, 5.41) is 3.03. The van der Waals surface area contributed by atoms with Crippen LogP contribution in [0.5, 0.6) is 0 Å². The molecule has 0 aliphatic rings. The van der Waals surface area contributed by atoms with Gasteiger partial charge in [0, 0.05) is 19.8 Å². The summed E-state index contributed by atoms with van der Waals surface area (Å²) in [5.74, 6) is 0.0419. The van der Waals surface area contributed by atoms with E-state index >= 15 is 0 Å². The van der Waals surface area contributed by atoms with E-state index in [1.165, 1.54) is 4.90 Å². The van der Waals surface area contributed by atoms with Crippen molar-refractivity contribution in [3.05, 3.63) is 24.3 Å². The Bertz CT molecular complexity index is 536. The number of sulfone groups is 1. The quantitative estimate of drug-likeness (QED) is 0.887. The third kappa shape index (κ3) is 3.96. The maximum absolute atomic E-state index is 11.7. The van der Waals surface area contributed by atoms with Crippen LogP contribution in [-0.4, -0.2) is 45.1 Å². The molecule has 0 aliphatic heterocycles. The van der Waals surface area contributed by atoms with E-state index in [1.807, 2.05) is 0 Å². The van der Waals surface area contributed by atoms with Crippen molar-refractivity contribution < 1.29 is 13.2 Å². The summed E-state index contributed by atoms with van der Waals surface area (Å²) in [5.41, 5.74) is 0.720. The molecule has 1 rings (SSSR count). The number of hydrogen-bond donors (Lipinski definition) is 1. The van der Waals surface area contributed by atoms with Gasteiger partial charge in [0.25, 0.3) is 0 Å². The van der Waals surface area contributed by atoms with Gasteiger partial charge in [-0.25, -0.2) is 8.42 Å². The fourth-order valence-electron chi connectivity index (χ4n) is 1.62. The highest BCUT2D eigenvalue weighted by Gasteiger charge is 2.15. The molecule has 0 fully saturated rings. The lowest BCUT2D eigenvalue weighted by atomic mass is 10.2. The van der Waals surface area contributed by atoms with Gasteiger partial charge < -0.3 is 10.2 Å². The molecule has 0 saturated carbocycles. The van der Waals surface area contributed by atoms with Gasteiger partial charge in [0.2, 0.25) is 5.91 Å². The van der Waals surface area contributed by atoms with Crippen LogP contribution in [-0.2, 0) is 14.6 Å². The van der Waals surface area contributed by atoms with E-state index in [1.54, 1.807) is 52.2 Å². The predicted molar refractivity (Wildman–Crippen MR) is 75.9 cm³/mol. The maximum Gasteiger partial charge on any atom is 0.244 e. The summed E-state index contributed by atoms with van der Waals surface area (Å²) in [6.45, 7) is 3.37. The van der Waals surface area contributed by atoms with Crippen LogP contribution in [0, 0.1) is 0 Å². The number of rotatable bonds is 5. The molecule has 106 valence electrons.